The maximum atomic E-state index is 13.3. The van der Waals surface area contributed by atoms with E-state index in [0.29, 0.717) is 12.0 Å². The molecular formula is C19H22F3NO2. The molecule has 136 valence electrons. The third kappa shape index (κ3) is 3.67. The average molecular weight is 353 g/mol. The van der Waals surface area contributed by atoms with Crippen molar-refractivity contribution in [2.24, 2.45) is 0 Å². The summed E-state index contributed by atoms with van der Waals surface area (Å²) in [6, 6.07) is 5.33. The van der Waals surface area contributed by atoms with Crippen LogP contribution in [0.3, 0.4) is 0 Å². The Kier molecular flexibility index (Phi) is 4.33. The van der Waals surface area contributed by atoms with E-state index >= 15 is 0 Å². The maximum Gasteiger partial charge on any atom is 0.416 e. The van der Waals surface area contributed by atoms with Crippen LogP contribution in [0.5, 0.6) is 0 Å². The molecule has 2 bridgehead atoms. The zero-order valence-electron chi connectivity index (χ0n) is 14.6. The van der Waals surface area contributed by atoms with Gasteiger partial charge in [0.1, 0.15) is 5.60 Å². The fourth-order valence-corrected chi connectivity index (χ4v) is 3.64. The minimum absolute atomic E-state index is 0.110. The zero-order chi connectivity index (χ0) is 18.4. The molecular weight excluding hydrogens is 331 g/mol. The van der Waals surface area contributed by atoms with Crippen LogP contribution >= 0.6 is 0 Å². The number of carbonyl (C=O) groups excluding carboxylic acids is 1. The van der Waals surface area contributed by atoms with E-state index < -0.39 is 17.3 Å². The topological polar surface area (TPSA) is 29.5 Å². The molecule has 2 aliphatic heterocycles. The van der Waals surface area contributed by atoms with Gasteiger partial charge in [0.2, 0.25) is 0 Å². The summed E-state index contributed by atoms with van der Waals surface area (Å²) in [4.78, 5) is 14.1. The number of nitrogens with zero attached hydrogens (tertiary/aromatic N) is 1. The van der Waals surface area contributed by atoms with Gasteiger partial charge in [-0.1, -0.05) is 24.3 Å². The number of ether oxygens (including phenoxy) is 1. The number of hydrogen-bond donors (Lipinski definition) is 0. The Morgan fingerprint density at radius 1 is 1.16 bits per heavy atom. The van der Waals surface area contributed by atoms with Gasteiger partial charge in [0.05, 0.1) is 11.6 Å². The molecule has 0 saturated carbocycles. The first kappa shape index (κ1) is 17.8. The van der Waals surface area contributed by atoms with Crippen molar-refractivity contribution in [2.75, 3.05) is 0 Å². The van der Waals surface area contributed by atoms with Gasteiger partial charge >= 0.3 is 12.3 Å². The van der Waals surface area contributed by atoms with E-state index in [2.05, 4.69) is 0 Å². The van der Waals surface area contributed by atoms with Crippen LogP contribution in [0.2, 0.25) is 0 Å². The van der Waals surface area contributed by atoms with E-state index in [-0.39, 0.29) is 23.7 Å². The van der Waals surface area contributed by atoms with Crippen molar-refractivity contribution in [1.29, 1.82) is 0 Å². The quantitative estimate of drug-likeness (QED) is 0.689. The molecule has 2 unspecified atom stereocenters. The second kappa shape index (κ2) is 6.07. The highest BCUT2D eigenvalue weighted by Crippen LogP contribution is 2.42. The molecule has 1 amide bonds. The standard InChI is InChI=1S/C19H22F3NO2/c1-18(2,3)25-17(24)23-13-8-9-14(23)11-12(10-13)15-6-4-5-7-16(15)19(20,21)22/h4-7,10,13-14H,8-9,11H2,1-3H3. The summed E-state index contributed by atoms with van der Waals surface area (Å²) in [7, 11) is 0. The molecule has 0 radical (unpaired) electrons. The number of alkyl halides is 3. The molecule has 0 aliphatic carbocycles. The molecule has 1 saturated heterocycles. The SMILES string of the molecule is CC(C)(C)OC(=O)N1C2C=C(c3ccccc3C(F)(F)F)CC1CC2. The van der Waals surface area contributed by atoms with Gasteiger partial charge in [0, 0.05) is 6.04 Å². The molecule has 3 rings (SSSR count). The lowest BCUT2D eigenvalue weighted by Crippen LogP contribution is -2.45. The Labute approximate surface area is 145 Å². The molecule has 6 heteroatoms. The van der Waals surface area contributed by atoms with Crippen molar-refractivity contribution in [3.8, 4) is 0 Å². The Hall–Kier alpha value is -1.98. The summed E-state index contributed by atoms with van der Waals surface area (Å²) in [5.74, 6) is 0. The van der Waals surface area contributed by atoms with Gasteiger partial charge in [-0.25, -0.2) is 4.79 Å². The van der Waals surface area contributed by atoms with Gasteiger partial charge in [0.15, 0.2) is 0 Å². The lowest BCUT2D eigenvalue weighted by atomic mass is 9.91. The summed E-state index contributed by atoms with van der Waals surface area (Å²) in [5, 5.41) is 0. The summed E-state index contributed by atoms with van der Waals surface area (Å²) in [6.07, 6.45) is -1.03. The van der Waals surface area contributed by atoms with Gasteiger partial charge in [-0.3, -0.25) is 4.90 Å². The molecule has 2 heterocycles. The third-order valence-corrected chi connectivity index (χ3v) is 4.58. The largest absolute Gasteiger partial charge is 0.444 e. The van der Waals surface area contributed by atoms with Crippen LogP contribution < -0.4 is 0 Å². The van der Waals surface area contributed by atoms with Crippen molar-refractivity contribution >= 4 is 11.7 Å². The Morgan fingerprint density at radius 2 is 1.84 bits per heavy atom. The predicted molar refractivity (Wildman–Crippen MR) is 88.9 cm³/mol. The molecule has 2 atom stereocenters. The number of rotatable bonds is 1. The van der Waals surface area contributed by atoms with Crippen LogP contribution in [0.1, 0.15) is 51.2 Å². The van der Waals surface area contributed by atoms with Crippen molar-refractivity contribution in [2.45, 2.75) is 63.9 Å². The summed E-state index contributed by atoms with van der Waals surface area (Å²) < 4.78 is 45.3. The molecule has 1 aromatic rings. The normalized spacial score (nSPS) is 23.4. The average Bonchev–Trinajstić information content (AvgIpc) is 2.75. The molecule has 0 aromatic heterocycles. The van der Waals surface area contributed by atoms with Crippen molar-refractivity contribution < 1.29 is 22.7 Å². The number of hydrogen-bond acceptors (Lipinski definition) is 2. The Morgan fingerprint density at radius 3 is 2.44 bits per heavy atom. The number of fused-ring (bicyclic) bond motifs is 2. The van der Waals surface area contributed by atoms with Gasteiger partial charge in [-0.15, -0.1) is 0 Å². The molecule has 0 spiro atoms. The predicted octanol–water partition coefficient (Wildman–Crippen LogP) is 5.26. The van der Waals surface area contributed by atoms with Gasteiger partial charge in [-0.05, 0) is 57.2 Å². The van der Waals surface area contributed by atoms with Crippen LogP contribution in [-0.4, -0.2) is 28.7 Å². The molecule has 25 heavy (non-hydrogen) atoms. The lowest BCUT2D eigenvalue weighted by molar-refractivity contribution is -0.137. The van der Waals surface area contributed by atoms with Gasteiger partial charge < -0.3 is 4.74 Å². The van der Waals surface area contributed by atoms with Crippen LogP contribution in [-0.2, 0) is 10.9 Å². The van der Waals surface area contributed by atoms with Crippen molar-refractivity contribution in [3.63, 3.8) is 0 Å². The molecule has 1 aromatic carbocycles. The molecule has 0 N–H and O–H groups in total. The van der Waals surface area contributed by atoms with Crippen LogP contribution in [0.25, 0.3) is 5.57 Å². The van der Waals surface area contributed by atoms with E-state index in [0.717, 1.165) is 18.9 Å². The van der Waals surface area contributed by atoms with Crippen molar-refractivity contribution in [3.05, 3.63) is 41.5 Å². The summed E-state index contributed by atoms with van der Waals surface area (Å²) in [6.45, 7) is 5.41. The van der Waals surface area contributed by atoms with Gasteiger partial charge in [-0.2, -0.15) is 13.2 Å². The van der Waals surface area contributed by atoms with Crippen LogP contribution in [0.15, 0.2) is 30.3 Å². The van der Waals surface area contributed by atoms with E-state index in [1.807, 2.05) is 0 Å². The van der Waals surface area contributed by atoms with E-state index in [1.54, 1.807) is 37.8 Å². The maximum absolute atomic E-state index is 13.3. The van der Waals surface area contributed by atoms with E-state index in [1.165, 1.54) is 12.1 Å². The first-order valence-electron chi connectivity index (χ1n) is 8.45. The zero-order valence-corrected chi connectivity index (χ0v) is 14.6. The summed E-state index contributed by atoms with van der Waals surface area (Å²) >= 11 is 0. The number of halogens is 3. The second-order valence-corrected chi connectivity index (χ2v) is 7.63. The highest BCUT2D eigenvalue weighted by atomic mass is 19.4. The van der Waals surface area contributed by atoms with Gasteiger partial charge in [0.25, 0.3) is 0 Å². The molecule has 1 fully saturated rings. The first-order chi connectivity index (χ1) is 11.6. The van der Waals surface area contributed by atoms with E-state index in [4.69, 9.17) is 4.74 Å². The fraction of sp³-hybridized carbons (Fsp3) is 0.526. The Balaban J connectivity index is 1.90. The number of amides is 1. The van der Waals surface area contributed by atoms with E-state index in [9.17, 15) is 18.0 Å². The minimum atomic E-state index is -4.39. The number of carbonyl (C=O) groups is 1. The highest BCUT2D eigenvalue weighted by Gasteiger charge is 2.43. The third-order valence-electron chi connectivity index (χ3n) is 4.58. The lowest BCUT2D eigenvalue weighted by Gasteiger charge is -2.35. The Bertz CT molecular complexity index is 703. The molecule has 3 nitrogen and oxygen atoms in total. The second-order valence-electron chi connectivity index (χ2n) is 7.63. The van der Waals surface area contributed by atoms with Crippen LogP contribution in [0, 0.1) is 0 Å². The highest BCUT2D eigenvalue weighted by molar-refractivity contribution is 5.76. The smallest absolute Gasteiger partial charge is 0.416 e. The monoisotopic (exact) mass is 353 g/mol. The fourth-order valence-electron chi connectivity index (χ4n) is 3.64. The number of benzene rings is 1. The minimum Gasteiger partial charge on any atom is -0.444 e. The summed E-state index contributed by atoms with van der Waals surface area (Å²) in [5.41, 5.74) is -0.328. The molecule has 2 aliphatic rings. The van der Waals surface area contributed by atoms with Crippen LogP contribution in [0.4, 0.5) is 18.0 Å². The first-order valence-corrected chi connectivity index (χ1v) is 8.45. The van der Waals surface area contributed by atoms with Crippen molar-refractivity contribution in [1.82, 2.24) is 4.90 Å².